The summed E-state index contributed by atoms with van der Waals surface area (Å²) in [5.41, 5.74) is 6.72. The molecule has 0 spiro atoms. The fraction of sp³-hybridized carbons (Fsp3) is 0.455. The van der Waals surface area contributed by atoms with Crippen molar-refractivity contribution in [3.63, 3.8) is 0 Å². The summed E-state index contributed by atoms with van der Waals surface area (Å²) in [7, 11) is 3.05. The lowest BCUT2D eigenvalue weighted by Gasteiger charge is -2.18. The van der Waals surface area contributed by atoms with Gasteiger partial charge in [0.15, 0.2) is 5.75 Å². The average molecular weight is 415 g/mol. The van der Waals surface area contributed by atoms with E-state index < -0.39 is 11.9 Å². The van der Waals surface area contributed by atoms with Crippen molar-refractivity contribution in [1.82, 2.24) is 15.1 Å². The molecule has 162 valence electrons. The molecule has 8 nitrogen and oxygen atoms in total. The van der Waals surface area contributed by atoms with Crippen molar-refractivity contribution in [3.8, 4) is 16.9 Å². The minimum Gasteiger partial charge on any atom is -0.494 e. The standard InChI is InChI=1S/C20H24N4O4.C2H6/c1-20(8-9-20)19(27)23-14(17(21)25)10-12-4-6-13(7-5-12)16-15(28-3)11-22-24(2)18(16)26;1-2/h4-7,11,14H,8-10H2,1-3H3,(H2,21,25)(H,23,27);1-2H3/t14-;/m0./s1. The van der Waals surface area contributed by atoms with Gasteiger partial charge in [-0.05, 0) is 24.0 Å². The molecule has 1 atom stereocenters. The molecular weight excluding hydrogens is 384 g/mol. The monoisotopic (exact) mass is 414 g/mol. The molecule has 30 heavy (non-hydrogen) atoms. The first kappa shape index (κ1) is 23.1. The first-order valence-electron chi connectivity index (χ1n) is 10.0. The lowest BCUT2D eigenvalue weighted by atomic mass is 10.00. The van der Waals surface area contributed by atoms with Gasteiger partial charge in [0, 0.05) is 18.9 Å². The number of ether oxygens (including phenoxy) is 1. The number of hydrogen-bond acceptors (Lipinski definition) is 5. The highest BCUT2D eigenvalue weighted by atomic mass is 16.5. The van der Waals surface area contributed by atoms with Gasteiger partial charge in [0.1, 0.15) is 6.04 Å². The second kappa shape index (κ2) is 9.56. The van der Waals surface area contributed by atoms with E-state index in [0.29, 0.717) is 16.9 Å². The molecule has 1 heterocycles. The molecule has 0 unspecified atom stereocenters. The van der Waals surface area contributed by atoms with Crippen LogP contribution in [0.2, 0.25) is 0 Å². The van der Waals surface area contributed by atoms with Crippen LogP contribution in [-0.2, 0) is 23.1 Å². The van der Waals surface area contributed by atoms with Crippen molar-refractivity contribution in [3.05, 3.63) is 46.4 Å². The molecule has 2 amide bonds. The summed E-state index contributed by atoms with van der Waals surface area (Å²) in [5, 5.41) is 6.71. The highest BCUT2D eigenvalue weighted by Gasteiger charge is 2.45. The third-order valence-corrected chi connectivity index (χ3v) is 5.20. The van der Waals surface area contributed by atoms with E-state index in [4.69, 9.17) is 10.5 Å². The van der Waals surface area contributed by atoms with E-state index in [1.54, 1.807) is 31.3 Å². The number of nitrogens with zero attached hydrogens (tertiary/aromatic N) is 2. The minimum atomic E-state index is -0.779. The number of amides is 2. The zero-order valence-electron chi connectivity index (χ0n) is 18.2. The van der Waals surface area contributed by atoms with Gasteiger partial charge in [-0.2, -0.15) is 5.10 Å². The van der Waals surface area contributed by atoms with Crippen LogP contribution in [0.25, 0.3) is 11.1 Å². The molecule has 0 aliphatic heterocycles. The zero-order valence-corrected chi connectivity index (χ0v) is 18.2. The van der Waals surface area contributed by atoms with Crippen LogP contribution in [0, 0.1) is 5.41 Å². The maximum Gasteiger partial charge on any atom is 0.278 e. The molecule has 1 aromatic carbocycles. The largest absolute Gasteiger partial charge is 0.494 e. The van der Waals surface area contributed by atoms with Crippen LogP contribution in [0.15, 0.2) is 35.3 Å². The van der Waals surface area contributed by atoms with Crippen LogP contribution in [0.4, 0.5) is 0 Å². The number of carbonyl (C=O) groups is 2. The summed E-state index contributed by atoms with van der Waals surface area (Å²) in [6, 6.07) is 6.37. The second-order valence-electron chi connectivity index (χ2n) is 7.41. The molecule has 1 fully saturated rings. The number of methoxy groups -OCH3 is 1. The third-order valence-electron chi connectivity index (χ3n) is 5.20. The number of aromatic nitrogens is 2. The number of rotatable bonds is 7. The minimum absolute atomic E-state index is 0.141. The van der Waals surface area contributed by atoms with Crippen LogP contribution in [-0.4, -0.2) is 34.7 Å². The Kier molecular flexibility index (Phi) is 7.37. The molecule has 1 aromatic heterocycles. The van der Waals surface area contributed by atoms with Crippen molar-refractivity contribution in [2.45, 2.75) is 46.1 Å². The number of hydrogen-bond donors (Lipinski definition) is 2. The number of nitrogens with one attached hydrogen (secondary N) is 1. The van der Waals surface area contributed by atoms with E-state index in [2.05, 4.69) is 10.4 Å². The predicted molar refractivity (Wildman–Crippen MR) is 115 cm³/mol. The summed E-state index contributed by atoms with van der Waals surface area (Å²) in [5.74, 6) is -0.333. The zero-order chi connectivity index (χ0) is 22.5. The Hall–Kier alpha value is -3.16. The molecular formula is C22H30N4O4. The fourth-order valence-corrected chi connectivity index (χ4v) is 2.96. The fourth-order valence-electron chi connectivity index (χ4n) is 2.96. The van der Waals surface area contributed by atoms with Gasteiger partial charge in [-0.1, -0.05) is 45.0 Å². The van der Waals surface area contributed by atoms with Crippen LogP contribution in [0.3, 0.4) is 0 Å². The van der Waals surface area contributed by atoms with Gasteiger partial charge >= 0.3 is 0 Å². The van der Waals surface area contributed by atoms with Gasteiger partial charge in [0.2, 0.25) is 11.8 Å². The van der Waals surface area contributed by atoms with Crippen LogP contribution in [0.5, 0.6) is 5.75 Å². The number of aryl methyl sites for hydroxylation is 1. The Balaban J connectivity index is 0.00000155. The first-order valence-corrected chi connectivity index (χ1v) is 10.0. The van der Waals surface area contributed by atoms with Gasteiger partial charge in [0.25, 0.3) is 5.56 Å². The number of nitrogens with two attached hydrogens (primary N) is 1. The van der Waals surface area contributed by atoms with Crippen molar-refractivity contribution < 1.29 is 14.3 Å². The molecule has 3 rings (SSSR count). The topological polar surface area (TPSA) is 116 Å². The van der Waals surface area contributed by atoms with Gasteiger partial charge in [-0.15, -0.1) is 0 Å². The molecule has 1 aliphatic carbocycles. The Labute approximate surface area is 176 Å². The van der Waals surface area contributed by atoms with Crippen LogP contribution < -0.4 is 21.3 Å². The molecule has 0 saturated heterocycles. The molecule has 0 radical (unpaired) electrons. The van der Waals surface area contributed by atoms with Crippen LogP contribution >= 0.6 is 0 Å². The van der Waals surface area contributed by atoms with Gasteiger partial charge in [-0.3, -0.25) is 14.4 Å². The van der Waals surface area contributed by atoms with E-state index in [-0.39, 0.29) is 23.3 Å². The van der Waals surface area contributed by atoms with Crippen LogP contribution in [0.1, 0.15) is 39.2 Å². The van der Waals surface area contributed by atoms with E-state index in [1.165, 1.54) is 18.0 Å². The quantitative estimate of drug-likeness (QED) is 0.717. The van der Waals surface area contributed by atoms with Gasteiger partial charge < -0.3 is 15.8 Å². The summed E-state index contributed by atoms with van der Waals surface area (Å²) in [6.45, 7) is 5.87. The summed E-state index contributed by atoms with van der Waals surface area (Å²) in [4.78, 5) is 36.5. The maximum atomic E-state index is 12.4. The number of benzene rings is 1. The second-order valence-corrected chi connectivity index (χ2v) is 7.41. The molecule has 1 aliphatic rings. The highest BCUT2D eigenvalue weighted by molar-refractivity contribution is 5.90. The SMILES string of the molecule is CC.COc1cnn(C)c(=O)c1-c1ccc(C[C@H](NC(=O)C2(C)CC2)C(N)=O)cc1. The van der Waals surface area contributed by atoms with Crippen molar-refractivity contribution in [2.24, 2.45) is 18.2 Å². The Morgan fingerprint density at radius 3 is 2.37 bits per heavy atom. The van der Waals surface area contributed by atoms with Gasteiger partial charge in [0.05, 0.1) is 18.9 Å². The Morgan fingerprint density at radius 2 is 1.87 bits per heavy atom. The molecule has 2 aromatic rings. The van der Waals surface area contributed by atoms with Gasteiger partial charge in [-0.25, -0.2) is 4.68 Å². The number of primary amides is 1. The van der Waals surface area contributed by atoms with Crippen molar-refractivity contribution in [2.75, 3.05) is 7.11 Å². The van der Waals surface area contributed by atoms with E-state index in [1.807, 2.05) is 20.8 Å². The van der Waals surface area contributed by atoms with E-state index in [9.17, 15) is 14.4 Å². The van der Waals surface area contributed by atoms with E-state index in [0.717, 1.165) is 18.4 Å². The molecule has 0 bridgehead atoms. The maximum absolute atomic E-state index is 12.4. The highest BCUT2D eigenvalue weighted by Crippen LogP contribution is 2.45. The molecule has 1 saturated carbocycles. The summed E-state index contributed by atoms with van der Waals surface area (Å²) < 4.78 is 6.50. The lowest BCUT2D eigenvalue weighted by molar-refractivity contribution is -0.130. The Bertz CT molecular complexity index is 962. The summed E-state index contributed by atoms with van der Waals surface area (Å²) in [6.07, 6.45) is 3.41. The number of carbonyl (C=O) groups excluding carboxylic acids is 2. The molecule has 3 N–H and O–H groups in total. The summed E-state index contributed by atoms with van der Waals surface area (Å²) >= 11 is 0. The third kappa shape index (κ3) is 5.06. The Morgan fingerprint density at radius 1 is 1.27 bits per heavy atom. The first-order chi connectivity index (χ1) is 14.2. The predicted octanol–water partition coefficient (Wildman–Crippen LogP) is 1.79. The average Bonchev–Trinajstić information content (AvgIpc) is 3.50. The van der Waals surface area contributed by atoms with Crippen molar-refractivity contribution >= 4 is 11.8 Å². The smallest absolute Gasteiger partial charge is 0.278 e. The normalized spacial score (nSPS) is 14.7. The van der Waals surface area contributed by atoms with E-state index >= 15 is 0 Å². The van der Waals surface area contributed by atoms with Crippen molar-refractivity contribution in [1.29, 1.82) is 0 Å². The lowest BCUT2D eigenvalue weighted by Crippen LogP contribution is -2.48. The molecule has 8 heteroatoms.